The minimum Gasteiger partial charge on any atom is -0.452 e. The van der Waals surface area contributed by atoms with Gasteiger partial charge in [-0.25, -0.2) is 9.78 Å². The number of aromatic nitrogens is 3. The van der Waals surface area contributed by atoms with E-state index >= 15 is 0 Å². The lowest BCUT2D eigenvalue weighted by Gasteiger charge is -2.35. The molecule has 0 bridgehead atoms. The van der Waals surface area contributed by atoms with E-state index in [4.69, 9.17) is 9.47 Å². The second kappa shape index (κ2) is 8.00. The Morgan fingerprint density at radius 1 is 1.25 bits per heavy atom. The Kier molecular flexibility index (Phi) is 5.02. The Morgan fingerprint density at radius 2 is 2.09 bits per heavy atom. The molecule has 32 heavy (non-hydrogen) atoms. The number of fused-ring (bicyclic) bond motifs is 1. The first-order valence-electron chi connectivity index (χ1n) is 10.7. The summed E-state index contributed by atoms with van der Waals surface area (Å²) < 4.78 is 13.3. The predicted octanol–water partition coefficient (Wildman–Crippen LogP) is 4.85. The number of anilines is 1. The van der Waals surface area contributed by atoms with Crippen LogP contribution >= 0.6 is 0 Å². The summed E-state index contributed by atoms with van der Waals surface area (Å²) >= 11 is 0. The fourth-order valence-electron chi connectivity index (χ4n) is 4.19. The molecule has 0 unspecified atom stereocenters. The first kappa shape index (κ1) is 20.1. The summed E-state index contributed by atoms with van der Waals surface area (Å²) in [5.74, 6) is 0.830. The van der Waals surface area contributed by atoms with E-state index in [2.05, 4.69) is 16.2 Å². The summed E-state index contributed by atoms with van der Waals surface area (Å²) in [6.07, 6.45) is 8.81. The molecule has 3 aromatic rings. The van der Waals surface area contributed by atoms with Crippen molar-refractivity contribution >= 4 is 11.8 Å². The molecule has 0 N–H and O–H groups in total. The largest absolute Gasteiger partial charge is 0.452 e. The fourth-order valence-corrected chi connectivity index (χ4v) is 4.19. The SMILES string of the molecule is COC(=O)N1c2ccc(-c3cnn(C4CC4)c3)c(Oc3ncccc3C#N)c2CC[C@@H]1C. The molecular formula is C24H23N5O3. The van der Waals surface area contributed by atoms with Gasteiger partial charge < -0.3 is 9.47 Å². The molecule has 0 spiro atoms. The highest BCUT2D eigenvalue weighted by molar-refractivity contribution is 5.92. The van der Waals surface area contributed by atoms with E-state index in [0.717, 1.165) is 48.1 Å². The number of amides is 1. The average Bonchev–Trinajstić information content (AvgIpc) is 3.56. The van der Waals surface area contributed by atoms with E-state index in [1.807, 2.05) is 36.1 Å². The third-order valence-electron chi connectivity index (χ3n) is 6.04. The number of pyridine rings is 1. The first-order valence-corrected chi connectivity index (χ1v) is 10.7. The van der Waals surface area contributed by atoms with E-state index in [1.54, 1.807) is 23.2 Å². The third-order valence-corrected chi connectivity index (χ3v) is 6.04. The monoisotopic (exact) mass is 429 g/mol. The molecule has 0 radical (unpaired) electrons. The summed E-state index contributed by atoms with van der Waals surface area (Å²) in [5.41, 5.74) is 3.76. The van der Waals surface area contributed by atoms with Crippen LogP contribution in [0.25, 0.3) is 11.1 Å². The van der Waals surface area contributed by atoms with Crippen LogP contribution < -0.4 is 9.64 Å². The second-order valence-electron chi connectivity index (χ2n) is 8.18. The van der Waals surface area contributed by atoms with Crippen molar-refractivity contribution in [2.75, 3.05) is 12.0 Å². The Bertz CT molecular complexity index is 1220. The Morgan fingerprint density at radius 3 is 2.84 bits per heavy atom. The molecule has 1 aliphatic heterocycles. The molecule has 3 heterocycles. The van der Waals surface area contributed by atoms with Crippen molar-refractivity contribution < 1.29 is 14.3 Å². The molecule has 2 aliphatic rings. The van der Waals surface area contributed by atoms with Crippen LogP contribution in [0, 0.1) is 11.3 Å². The van der Waals surface area contributed by atoms with Crippen molar-refractivity contribution in [3.05, 3.63) is 54.0 Å². The van der Waals surface area contributed by atoms with Crippen LogP contribution in [0.5, 0.6) is 11.6 Å². The highest BCUT2D eigenvalue weighted by Crippen LogP contribution is 2.45. The zero-order valence-corrected chi connectivity index (χ0v) is 18.0. The second-order valence-corrected chi connectivity index (χ2v) is 8.18. The minimum atomic E-state index is -0.408. The van der Waals surface area contributed by atoms with Crippen molar-refractivity contribution in [2.24, 2.45) is 0 Å². The summed E-state index contributed by atoms with van der Waals surface area (Å²) in [6.45, 7) is 2.00. The Labute approximate surface area is 186 Å². The van der Waals surface area contributed by atoms with Crippen molar-refractivity contribution in [1.29, 1.82) is 5.26 Å². The van der Waals surface area contributed by atoms with Crippen molar-refractivity contribution in [3.8, 4) is 28.8 Å². The molecule has 1 amide bonds. The number of carbonyl (C=O) groups is 1. The molecule has 162 valence electrons. The van der Waals surface area contributed by atoms with Gasteiger partial charge in [0.15, 0.2) is 0 Å². The van der Waals surface area contributed by atoms with Crippen LogP contribution in [0.2, 0.25) is 0 Å². The number of benzene rings is 1. The third kappa shape index (κ3) is 3.46. The van der Waals surface area contributed by atoms with E-state index < -0.39 is 6.09 Å². The maximum atomic E-state index is 12.5. The molecule has 2 aromatic heterocycles. The van der Waals surface area contributed by atoms with Gasteiger partial charge in [-0.3, -0.25) is 9.58 Å². The van der Waals surface area contributed by atoms with Crippen molar-refractivity contribution in [1.82, 2.24) is 14.8 Å². The normalized spacial score (nSPS) is 17.4. The predicted molar refractivity (Wildman–Crippen MR) is 118 cm³/mol. The highest BCUT2D eigenvalue weighted by atomic mass is 16.5. The van der Waals surface area contributed by atoms with Crippen molar-refractivity contribution in [3.63, 3.8) is 0 Å². The van der Waals surface area contributed by atoms with Gasteiger partial charge in [0.05, 0.1) is 25.0 Å². The van der Waals surface area contributed by atoms with Gasteiger partial charge in [0.25, 0.3) is 0 Å². The van der Waals surface area contributed by atoms with Gasteiger partial charge in [-0.2, -0.15) is 10.4 Å². The standard InChI is InChI=1S/C24H23N5O3/c1-15-5-8-20-21(29(15)24(30)31-2)10-9-19(17-13-27-28(14-17)18-6-7-18)22(20)32-23-16(12-25)4-3-11-26-23/h3-4,9-11,13-15,18H,5-8H2,1-2H3/t15-/m0/s1. The maximum Gasteiger partial charge on any atom is 0.414 e. The molecular weight excluding hydrogens is 406 g/mol. The van der Waals surface area contributed by atoms with E-state index in [9.17, 15) is 10.1 Å². The molecule has 1 fully saturated rings. The lowest BCUT2D eigenvalue weighted by atomic mass is 9.92. The molecule has 1 saturated carbocycles. The zero-order chi connectivity index (χ0) is 22.2. The molecule has 1 atom stereocenters. The number of nitriles is 1. The fraction of sp³-hybridized carbons (Fsp3) is 0.333. The average molecular weight is 429 g/mol. The summed E-state index contributed by atoms with van der Waals surface area (Å²) in [7, 11) is 1.38. The summed E-state index contributed by atoms with van der Waals surface area (Å²) in [5, 5.41) is 14.0. The molecule has 8 nitrogen and oxygen atoms in total. The van der Waals surface area contributed by atoms with Gasteiger partial charge in [-0.15, -0.1) is 0 Å². The highest BCUT2D eigenvalue weighted by Gasteiger charge is 2.33. The Balaban J connectivity index is 1.67. The van der Waals surface area contributed by atoms with Crippen molar-refractivity contribution in [2.45, 2.75) is 44.7 Å². The van der Waals surface area contributed by atoms with Gasteiger partial charge in [-0.05, 0) is 56.9 Å². The van der Waals surface area contributed by atoms with Gasteiger partial charge in [0, 0.05) is 35.1 Å². The number of ether oxygens (including phenoxy) is 2. The molecule has 5 rings (SSSR count). The van der Waals surface area contributed by atoms with Gasteiger partial charge in [-0.1, -0.05) is 0 Å². The maximum absolute atomic E-state index is 12.5. The lowest BCUT2D eigenvalue weighted by Crippen LogP contribution is -2.42. The van der Waals surface area contributed by atoms with Crippen LogP contribution in [0.4, 0.5) is 10.5 Å². The van der Waals surface area contributed by atoms with Crippen LogP contribution in [-0.4, -0.2) is 34.0 Å². The van der Waals surface area contributed by atoms with E-state index in [1.165, 1.54) is 7.11 Å². The molecule has 1 aliphatic carbocycles. The minimum absolute atomic E-state index is 0.00390. The number of hydrogen-bond acceptors (Lipinski definition) is 6. The van der Waals surface area contributed by atoms with Crippen LogP contribution in [-0.2, 0) is 11.2 Å². The number of nitrogens with zero attached hydrogens (tertiary/aromatic N) is 5. The first-order chi connectivity index (χ1) is 15.6. The van der Waals surface area contributed by atoms with Crippen LogP contribution in [0.3, 0.4) is 0 Å². The van der Waals surface area contributed by atoms with Gasteiger partial charge >= 0.3 is 6.09 Å². The van der Waals surface area contributed by atoms with Crippen LogP contribution in [0.15, 0.2) is 42.9 Å². The number of rotatable bonds is 4. The summed E-state index contributed by atoms with van der Waals surface area (Å²) in [4.78, 5) is 18.5. The summed E-state index contributed by atoms with van der Waals surface area (Å²) in [6, 6.07) is 9.84. The van der Waals surface area contributed by atoms with E-state index in [-0.39, 0.29) is 11.9 Å². The quantitative estimate of drug-likeness (QED) is 0.588. The topological polar surface area (TPSA) is 93.3 Å². The molecule has 1 aromatic carbocycles. The zero-order valence-electron chi connectivity index (χ0n) is 18.0. The lowest BCUT2D eigenvalue weighted by molar-refractivity contribution is 0.175. The molecule has 8 heteroatoms. The Hall–Kier alpha value is -3.86. The number of methoxy groups -OCH3 is 1. The number of hydrogen-bond donors (Lipinski definition) is 0. The van der Waals surface area contributed by atoms with Gasteiger partial charge in [0.2, 0.25) is 5.88 Å². The smallest absolute Gasteiger partial charge is 0.414 e. The van der Waals surface area contributed by atoms with E-state index in [0.29, 0.717) is 17.4 Å². The molecule has 0 saturated heterocycles. The van der Waals surface area contributed by atoms with Gasteiger partial charge in [0.1, 0.15) is 17.4 Å². The number of carbonyl (C=O) groups excluding carboxylic acids is 1. The van der Waals surface area contributed by atoms with Crippen LogP contribution in [0.1, 0.15) is 43.4 Å².